The maximum absolute atomic E-state index is 5.67. The summed E-state index contributed by atoms with van der Waals surface area (Å²) in [5.41, 5.74) is 6.71. The Bertz CT molecular complexity index is 661. The Hall–Kier alpha value is -2.77. The quantitative estimate of drug-likeness (QED) is 0.854. The molecule has 0 fully saturated rings. The van der Waals surface area contributed by atoms with E-state index in [1.54, 1.807) is 4.90 Å². The lowest BCUT2D eigenvalue weighted by molar-refractivity contribution is 0.174. The molecule has 3 N–H and O–H groups in total. The van der Waals surface area contributed by atoms with Crippen LogP contribution in [-0.4, -0.2) is 35.8 Å². The molecular weight excluding hydrogens is 272 g/mol. The van der Waals surface area contributed by atoms with E-state index in [0.717, 1.165) is 17.1 Å². The summed E-state index contributed by atoms with van der Waals surface area (Å²) < 4.78 is 10.6. The van der Waals surface area contributed by atoms with Gasteiger partial charge in [-0.1, -0.05) is 6.07 Å². The van der Waals surface area contributed by atoms with Gasteiger partial charge in [0.15, 0.2) is 11.5 Å². The number of nitrogens with zero attached hydrogens (tertiary/aromatic N) is 4. The summed E-state index contributed by atoms with van der Waals surface area (Å²) in [6.45, 7) is 0.815. The van der Waals surface area contributed by atoms with Crippen LogP contribution < -0.4 is 25.4 Å². The van der Waals surface area contributed by atoms with Crippen LogP contribution in [0, 0.1) is 0 Å². The first-order valence-corrected chi connectivity index (χ1v) is 6.43. The van der Waals surface area contributed by atoms with Crippen LogP contribution in [0.5, 0.6) is 11.5 Å². The predicted octanol–water partition coefficient (Wildman–Crippen LogP) is 0.861. The normalized spacial score (nSPS) is 12.3. The molecule has 0 saturated heterocycles. The summed E-state index contributed by atoms with van der Waals surface area (Å²) in [6, 6.07) is 5.76. The molecule has 21 heavy (non-hydrogen) atoms. The Labute approximate surface area is 121 Å². The highest BCUT2D eigenvalue weighted by Gasteiger charge is 2.13. The monoisotopic (exact) mass is 288 g/mol. The Morgan fingerprint density at radius 1 is 1.19 bits per heavy atom. The third kappa shape index (κ3) is 2.88. The first-order chi connectivity index (χ1) is 10.1. The zero-order valence-electron chi connectivity index (χ0n) is 11.8. The number of nitrogens with one attached hydrogen (secondary N) is 1. The molecule has 1 aliphatic rings. The van der Waals surface area contributed by atoms with Gasteiger partial charge in [0.25, 0.3) is 0 Å². The predicted molar refractivity (Wildman–Crippen MR) is 78.5 cm³/mol. The van der Waals surface area contributed by atoms with E-state index < -0.39 is 0 Å². The first kappa shape index (κ1) is 13.2. The highest BCUT2D eigenvalue weighted by atomic mass is 16.7. The molecule has 8 heteroatoms. The van der Waals surface area contributed by atoms with Crippen molar-refractivity contribution in [1.29, 1.82) is 0 Å². The van der Waals surface area contributed by atoms with Gasteiger partial charge in [-0.15, -0.1) is 0 Å². The third-order valence-corrected chi connectivity index (χ3v) is 2.93. The fourth-order valence-corrected chi connectivity index (χ4v) is 1.89. The molecule has 0 amide bonds. The molecule has 1 aliphatic heterocycles. The van der Waals surface area contributed by atoms with E-state index in [-0.39, 0.29) is 12.7 Å². The maximum Gasteiger partial charge on any atom is 0.231 e. The summed E-state index contributed by atoms with van der Waals surface area (Å²) in [4.78, 5) is 14.2. The van der Waals surface area contributed by atoms with E-state index in [1.165, 1.54) is 0 Å². The van der Waals surface area contributed by atoms with Crippen molar-refractivity contribution in [3.8, 4) is 11.5 Å². The van der Waals surface area contributed by atoms with Crippen molar-refractivity contribution in [3.63, 3.8) is 0 Å². The average Bonchev–Trinajstić information content (AvgIpc) is 2.92. The van der Waals surface area contributed by atoms with E-state index >= 15 is 0 Å². The van der Waals surface area contributed by atoms with E-state index in [1.807, 2.05) is 32.3 Å². The molecule has 0 atom stereocenters. The highest BCUT2D eigenvalue weighted by molar-refractivity contribution is 5.46. The van der Waals surface area contributed by atoms with Gasteiger partial charge in [0.1, 0.15) is 0 Å². The fraction of sp³-hybridized carbons (Fsp3) is 0.308. The smallest absolute Gasteiger partial charge is 0.231 e. The molecule has 0 aliphatic carbocycles. The molecule has 0 unspecified atom stereocenters. The summed E-state index contributed by atoms with van der Waals surface area (Å²) in [5, 5.41) is 3.12. The molecule has 0 bridgehead atoms. The molecular formula is C13H16N6O2. The standard InChI is InChI=1S/C13H16N6O2/c1-19(2)13-17-11(14)16-12(18-13)15-6-8-3-4-9-10(5-8)21-7-20-9/h3-5H,6-7H2,1-2H3,(H3,14,15,16,17,18). The number of hydrogen-bond acceptors (Lipinski definition) is 8. The number of nitrogens with two attached hydrogens (primary N) is 1. The minimum absolute atomic E-state index is 0.182. The lowest BCUT2D eigenvalue weighted by Crippen LogP contribution is -2.16. The van der Waals surface area contributed by atoms with Crippen molar-refractivity contribution < 1.29 is 9.47 Å². The zero-order valence-corrected chi connectivity index (χ0v) is 11.8. The second kappa shape index (κ2) is 5.31. The molecule has 1 aromatic carbocycles. The van der Waals surface area contributed by atoms with Gasteiger partial charge in [0, 0.05) is 20.6 Å². The number of nitrogen functional groups attached to an aromatic ring is 1. The Balaban J connectivity index is 1.73. The molecule has 1 aromatic heterocycles. The topological polar surface area (TPSA) is 98.4 Å². The molecule has 110 valence electrons. The number of aromatic nitrogens is 3. The van der Waals surface area contributed by atoms with Crippen molar-refractivity contribution in [2.45, 2.75) is 6.54 Å². The second-order valence-corrected chi connectivity index (χ2v) is 4.75. The molecule has 2 heterocycles. The maximum atomic E-state index is 5.67. The fourth-order valence-electron chi connectivity index (χ4n) is 1.89. The van der Waals surface area contributed by atoms with E-state index in [4.69, 9.17) is 15.2 Å². The van der Waals surface area contributed by atoms with Gasteiger partial charge in [-0.05, 0) is 17.7 Å². The Kier molecular flexibility index (Phi) is 3.35. The number of rotatable bonds is 4. The molecule has 0 spiro atoms. The molecule has 3 rings (SSSR count). The van der Waals surface area contributed by atoms with E-state index in [0.29, 0.717) is 18.4 Å². The number of benzene rings is 1. The van der Waals surface area contributed by atoms with Gasteiger partial charge >= 0.3 is 0 Å². The van der Waals surface area contributed by atoms with Crippen molar-refractivity contribution in [3.05, 3.63) is 23.8 Å². The molecule has 8 nitrogen and oxygen atoms in total. The van der Waals surface area contributed by atoms with Crippen LogP contribution >= 0.6 is 0 Å². The Morgan fingerprint density at radius 3 is 2.81 bits per heavy atom. The molecule has 2 aromatic rings. The average molecular weight is 288 g/mol. The number of hydrogen-bond donors (Lipinski definition) is 2. The minimum atomic E-state index is 0.182. The third-order valence-electron chi connectivity index (χ3n) is 2.93. The lowest BCUT2D eigenvalue weighted by Gasteiger charge is -2.12. The van der Waals surface area contributed by atoms with Crippen LogP contribution in [0.25, 0.3) is 0 Å². The van der Waals surface area contributed by atoms with Gasteiger partial charge in [0.2, 0.25) is 24.6 Å². The number of fused-ring (bicyclic) bond motifs is 1. The van der Waals surface area contributed by atoms with E-state index in [9.17, 15) is 0 Å². The molecule has 0 radical (unpaired) electrons. The SMILES string of the molecule is CN(C)c1nc(N)nc(NCc2ccc3c(c2)OCO3)n1. The number of ether oxygens (including phenoxy) is 2. The summed E-state index contributed by atoms with van der Waals surface area (Å²) >= 11 is 0. The second-order valence-electron chi connectivity index (χ2n) is 4.75. The largest absolute Gasteiger partial charge is 0.454 e. The van der Waals surface area contributed by atoms with Crippen molar-refractivity contribution >= 4 is 17.8 Å². The van der Waals surface area contributed by atoms with E-state index in [2.05, 4.69) is 20.3 Å². The van der Waals surface area contributed by atoms with Gasteiger partial charge in [-0.3, -0.25) is 0 Å². The minimum Gasteiger partial charge on any atom is -0.454 e. The van der Waals surface area contributed by atoms with Crippen LogP contribution in [-0.2, 0) is 6.54 Å². The number of anilines is 3. The summed E-state index contributed by atoms with van der Waals surface area (Å²) in [6.07, 6.45) is 0. The van der Waals surface area contributed by atoms with Crippen molar-refractivity contribution in [2.75, 3.05) is 36.8 Å². The first-order valence-electron chi connectivity index (χ1n) is 6.43. The van der Waals surface area contributed by atoms with Gasteiger partial charge in [0.05, 0.1) is 0 Å². The Morgan fingerprint density at radius 2 is 2.00 bits per heavy atom. The highest BCUT2D eigenvalue weighted by Crippen LogP contribution is 2.32. The van der Waals surface area contributed by atoms with Crippen LogP contribution in [0.1, 0.15) is 5.56 Å². The summed E-state index contributed by atoms with van der Waals surface area (Å²) in [7, 11) is 3.69. The van der Waals surface area contributed by atoms with Gasteiger partial charge < -0.3 is 25.4 Å². The van der Waals surface area contributed by atoms with Gasteiger partial charge in [-0.25, -0.2) is 0 Å². The zero-order chi connectivity index (χ0) is 14.8. The van der Waals surface area contributed by atoms with Crippen molar-refractivity contribution in [2.24, 2.45) is 0 Å². The summed E-state index contributed by atoms with van der Waals surface area (Å²) in [5.74, 6) is 2.64. The van der Waals surface area contributed by atoms with Crippen molar-refractivity contribution in [1.82, 2.24) is 15.0 Å². The lowest BCUT2D eigenvalue weighted by atomic mass is 10.2. The van der Waals surface area contributed by atoms with Gasteiger partial charge in [-0.2, -0.15) is 15.0 Å². The van der Waals surface area contributed by atoms with Crippen LogP contribution in [0.3, 0.4) is 0 Å². The molecule has 0 saturated carbocycles. The van der Waals surface area contributed by atoms with Crippen LogP contribution in [0.4, 0.5) is 17.8 Å². The van der Waals surface area contributed by atoms with Crippen LogP contribution in [0.2, 0.25) is 0 Å². The van der Waals surface area contributed by atoms with Crippen LogP contribution in [0.15, 0.2) is 18.2 Å².